The number of aromatic nitrogens is 2. The first kappa shape index (κ1) is 43.9. The van der Waals surface area contributed by atoms with Crippen LogP contribution in [0.4, 0.5) is 17.1 Å². The average Bonchev–Trinajstić information content (AvgIpc) is 3.71. The highest BCUT2D eigenvalue weighted by Gasteiger charge is 2.31. The molecule has 0 radical (unpaired) electrons. The topological polar surface area (TPSA) is 163 Å². The molecule has 3 aliphatic rings. The number of pyridine rings is 1. The number of fused-ring (bicyclic) bond motifs is 1. The molecule has 1 saturated heterocycles. The molecule has 13 nitrogen and oxygen atoms in total. The number of carbonyl (C=O) groups is 1. The molecule has 0 atom stereocenters. The third kappa shape index (κ3) is 10.8. The number of aromatic amines is 1. The molecule has 1 aliphatic heterocycles. The molecule has 7 rings (SSSR count). The lowest BCUT2D eigenvalue weighted by atomic mass is 9.72. The number of nitrogens with zero attached hydrogens (tertiary/aromatic N) is 4. The van der Waals surface area contributed by atoms with Gasteiger partial charge in [0.25, 0.3) is 21.6 Å². The van der Waals surface area contributed by atoms with Crippen LogP contribution in [0.3, 0.4) is 0 Å². The SMILES string of the molecule is C=C(CCCC)C1=C(CN2CCN(c3ccc(C(=O)NS(=O)(=O)c4ccc(NC[C@H]5CC[C@@H](C)CC5)c([N+](=O)[O-])c4)c(Oc4cnc5[nH]ccc5c4)c3)CC2)CCC(C)(C)C1. The first-order valence-electron chi connectivity index (χ1n) is 21.9. The number of nitro benzene ring substituents is 1. The van der Waals surface area contributed by atoms with Crippen LogP contribution in [-0.2, 0) is 10.0 Å². The van der Waals surface area contributed by atoms with Gasteiger partial charge in [-0.2, -0.15) is 0 Å². The lowest BCUT2D eigenvalue weighted by Crippen LogP contribution is -2.47. The predicted octanol–water partition coefficient (Wildman–Crippen LogP) is 10.00. The number of rotatable bonds is 16. The first-order valence-corrected chi connectivity index (χ1v) is 23.4. The van der Waals surface area contributed by atoms with E-state index in [4.69, 9.17) is 4.74 Å². The largest absolute Gasteiger partial charge is 0.455 e. The summed E-state index contributed by atoms with van der Waals surface area (Å²) in [6.45, 7) is 18.4. The van der Waals surface area contributed by atoms with E-state index < -0.39 is 25.7 Å². The van der Waals surface area contributed by atoms with Crippen molar-refractivity contribution >= 4 is 44.0 Å². The van der Waals surface area contributed by atoms with Crippen molar-refractivity contribution in [1.29, 1.82) is 0 Å². The minimum Gasteiger partial charge on any atom is -0.455 e. The molecule has 3 N–H and O–H groups in total. The average molecular weight is 852 g/mol. The molecule has 1 saturated carbocycles. The minimum atomic E-state index is -4.53. The molecule has 2 fully saturated rings. The zero-order chi connectivity index (χ0) is 43.3. The van der Waals surface area contributed by atoms with Crippen LogP contribution in [0.2, 0.25) is 0 Å². The van der Waals surface area contributed by atoms with Crippen LogP contribution in [-0.4, -0.2) is 73.4 Å². The third-order valence-electron chi connectivity index (χ3n) is 12.8. The highest BCUT2D eigenvalue weighted by molar-refractivity contribution is 7.90. The molecular formula is C47H61N7O6S. The molecule has 2 aromatic carbocycles. The Bertz CT molecular complexity index is 2390. The molecule has 2 aliphatic carbocycles. The van der Waals surface area contributed by atoms with Crippen molar-refractivity contribution in [2.24, 2.45) is 17.3 Å². The second kappa shape index (κ2) is 18.8. The van der Waals surface area contributed by atoms with Crippen LogP contribution < -0.4 is 19.7 Å². The van der Waals surface area contributed by atoms with E-state index in [1.807, 2.05) is 6.07 Å². The van der Waals surface area contributed by atoms with Gasteiger partial charge in [-0.1, -0.05) is 64.7 Å². The van der Waals surface area contributed by atoms with E-state index in [-0.39, 0.29) is 28.1 Å². The van der Waals surface area contributed by atoms with Crippen LogP contribution >= 0.6 is 0 Å². The summed E-state index contributed by atoms with van der Waals surface area (Å²) in [4.78, 5) is 37.3. The van der Waals surface area contributed by atoms with Crippen LogP contribution in [0.5, 0.6) is 11.5 Å². The highest BCUT2D eigenvalue weighted by atomic mass is 32.2. The normalized spacial score (nSPS) is 19.8. The van der Waals surface area contributed by atoms with Crippen LogP contribution in [0.25, 0.3) is 11.0 Å². The number of H-pyrrole nitrogens is 1. The Morgan fingerprint density at radius 2 is 1.84 bits per heavy atom. The van der Waals surface area contributed by atoms with Crippen molar-refractivity contribution in [3.8, 4) is 11.5 Å². The summed E-state index contributed by atoms with van der Waals surface area (Å²) in [5, 5.41) is 16.1. The Labute approximate surface area is 360 Å². The smallest absolute Gasteiger partial charge is 0.293 e. The Hall–Kier alpha value is -5.21. The molecule has 3 heterocycles. The summed E-state index contributed by atoms with van der Waals surface area (Å²) in [7, 11) is -4.53. The van der Waals surface area contributed by atoms with E-state index in [2.05, 4.69) is 64.1 Å². The fraction of sp³-hybridized carbons (Fsp3) is 0.489. The summed E-state index contributed by atoms with van der Waals surface area (Å²) in [6, 6.07) is 12.4. The Morgan fingerprint density at radius 3 is 2.57 bits per heavy atom. The van der Waals surface area contributed by atoms with Gasteiger partial charge in [0.05, 0.1) is 21.6 Å². The lowest BCUT2D eigenvalue weighted by molar-refractivity contribution is -0.384. The van der Waals surface area contributed by atoms with E-state index in [0.29, 0.717) is 29.8 Å². The lowest BCUT2D eigenvalue weighted by Gasteiger charge is -2.39. The fourth-order valence-electron chi connectivity index (χ4n) is 8.94. The Kier molecular flexibility index (Phi) is 13.5. The van der Waals surface area contributed by atoms with Crippen molar-refractivity contribution in [2.45, 2.75) is 96.8 Å². The number of piperazine rings is 1. The Morgan fingerprint density at radius 1 is 1.07 bits per heavy atom. The van der Waals surface area contributed by atoms with Crippen molar-refractivity contribution in [3.05, 3.63) is 99.9 Å². The van der Waals surface area contributed by atoms with E-state index in [9.17, 15) is 23.3 Å². The number of unbranched alkanes of at least 4 members (excludes halogenated alkanes) is 1. The molecule has 0 spiro atoms. The Balaban J connectivity index is 1.08. The number of nitrogens with one attached hydrogen (secondary N) is 3. The molecule has 0 unspecified atom stereocenters. The number of sulfonamides is 1. The zero-order valence-corrected chi connectivity index (χ0v) is 36.9. The summed E-state index contributed by atoms with van der Waals surface area (Å²) in [5.41, 5.74) is 5.92. The van der Waals surface area contributed by atoms with E-state index in [0.717, 1.165) is 108 Å². The van der Waals surface area contributed by atoms with Crippen LogP contribution in [0.1, 0.15) is 102 Å². The highest BCUT2D eigenvalue weighted by Crippen LogP contribution is 2.42. The molecule has 14 heteroatoms. The maximum Gasteiger partial charge on any atom is 0.293 e. The van der Waals surface area contributed by atoms with Crippen molar-refractivity contribution in [3.63, 3.8) is 0 Å². The van der Waals surface area contributed by atoms with E-state index in [1.165, 1.54) is 35.3 Å². The van der Waals surface area contributed by atoms with E-state index in [1.54, 1.807) is 36.7 Å². The molecule has 0 bridgehead atoms. The summed E-state index contributed by atoms with van der Waals surface area (Å²) < 4.78 is 35.9. The zero-order valence-electron chi connectivity index (χ0n) is 36.1. The molecule has 2 aromatic heterocycles. The number of amides is 1. The molecule has 4 aromatic rings. The summed E-state index contributed by atoms with van der Waals surface area (Å²) in [6.07, 6.45) is 14.3. The summed E-state index contributed by atoms with van der Waals surface area (Å²) >= 11 is 0. The first-order chi connectivity index (χ1) is 29.2. The van der Waals surface area contributed by atoms with Crippen LogP contribution in [0.15, 0.2) is 89.1 Å². The fourth-order valence-corrected chi connectivity index (χ4v) is 9.93. The van der Waals surface area contributed by atoms with Gasteiger partial charge in [-0.3, -0.25) is 19.8 Å². The van der Waals surface area contributed by atoms with Gasteiger partial charge < -0.3 is 19.9 Å². The molecular weight excluding hydrogens is 791 g/mol. The van der Waals surface area contributed by atoms with Crippen molar-refractivity contribution in [1.82, 2.24) is 19.6 Å². The van der Waals surface area contributed by atoms with Gasteiger partial charge in [-0.25, -0.2) is 18.1 Å². The van der Waals surface area contributed by atoms with Gasteiger partial charge in [0.2, 0.25) is 0 Å². The maximum absolute atomic E-state index is 13.9. The molecule has 326 valence electrons. The quantitative estimate of drug-likeness (QED) is 0.0731. The minimum absolute atomic E-state index is 0.0160. The number of nitro groups is 1. The van der Waals surface area contributed by atoms with Gasteiger partial charge in [0.1, 0.15) is 22.8 Å². The second-order valence-electron chi connectivity index (χ2n) is 18.1. The van der Waals surface area contributed by atoms with Crippen molar-refractivity contribution < 1.29 is 22.9 Å². The van der Waals surface area contributed by atoms with Gasteiger partial charge in [-0.15, -0.1) is 0 Å². The standard InChI is InChI=1S/C47H61N7O6S/c1-6-7-8-33(3)41-28-47(4,5)19-17-36(41)31-52-21-23-53(24-22-52)37-13-15-40(44(26-37)60-38-25-35-18-20-48-45(35)50-30-38)46(55)51-61(58,59)39-14-16-42(43(27-39)54(56)57)49-29-34-11-9-32(2)10-12-34/h13-16,18,20,25-27,30,32,34,49H,3,6-12,17,19,21-24,28-29,31H2,1-2,4-5H3,(H,48,50)(H,51,55)/t32-,34+. The number of anilines is 2. The maximum atomic E-state index is 13.9. The number of hydrogen-bond donors (Lipinski definition) is 3. The number of hydrogen-bond acceptors (Lipinski definition) is 10. The number of benzene rings is 2. The second-order valence-corrected chi connectivity index (χ2v) is 19.8. The number of carbonyl (C=O) groups excluding carboxylic acids is 1. The van der Waals surface area contributed by atoms with E-state index >= 15 is 0 Å². The van der Waals surface area contributed by atoms with Gasteiger partial charge in [-0.05, 0) is 104 Å². The third-order valence-corrected chi connectivity index (χ3v) is 14.2. The number of ether oxygens (including phenoxy) is 1. The van der Waals surface area contributed by atoms with Gasteiger partial charge in [0.15, 0.2) is 0 Å². The summed E-state index contributed by atoms with van der Waals surface area (Å²) in [5.74, 6) is 0.651. The molecule has 61 heavy (non-hydrogen) atoms. The monoisotopic (exact) mass is 851 g/mol. The van der Waals surface area contributed by atoms with Crippen LogP contribution in [0, 0.1) is 27.4 Å². The number of allylic oxidation sites excluding steroid dienone is 2. The van der Waals surface area contributed by atoms with Crippen molar-refractivity contribution in [2.75, 3.05) is 49.5 Å². The molecule has 1 amide bonds. The predicted molar refractivity (Wildman–Crippen MR) is 242 cm³/mol. The van der Waals surface area contributed by atoms with Gasteiger partial charge >= 0.3 is 0 Å². The van der Waals surface area contributed by atoms with Gasteiger partial charge in [0, 0.05) is 68.7 Å².